The molecule has 1 aliphatic heterocycles. The summed E-state index contributed by atoms with van der Waals surface area (Å²) in [4.78, 5) is 23.4. The number of nitrogens with one attached hydrogen (secondary N) is 1. The Kier molecular flexibility index (Phi) is 4.46. The third-order valence-corrected chi connectivity index (χ3v) is 2.96. The van der Waals surface area contributed by atoms with E-state index in [0.717, 1.165) is 5.69 Å². The number of esters is 1. The number of ether oxygens (including phenoxy) is 3. The number of aryl methyl sites for hydroxylation is 2. The molecule has 8 nitrogen and oxygen atoms in total. The molecule has 0 saturated carbocycles. The van der Waals surface area contributed by atoms with Gasteiger partial charge in [-0.3, -0.25) is 9.48 Å². The van der Waals surface area contributed by atoms with Crippen molar-refractivity contribution in [3.05, 3.63) is 23.4 Å². The maximum atomic E-state index is 11.8. The van der Waals surface area contributed by atoms with Gasteiger partial charge in [-0.1, -0.05) is 0 Å². The molecule has 0 aromatic carbocycles. The summed E-state index contributed by atoms with van der Waals surface area (Å²) in [5, 5.41) is 6.85. The van der Waals surface area contributed by atoms with Crippen molar-refractivity contribution in [1.29, 1.82) is 0 Å². The van der Waals surface area contributed by atoms with Gasteiger partial charge in [-0.05, 0) is 13.8 Å². The van der Waals surface area contributed by atoms with Crippen LogP contribution in [0.4, 0.5) is 5.69 Å². The summed E-state index contributed by atoms with van der Waals surface area (Å²) in [5.74, 6) is -1.22. The van der Waals surface area contributed by atoms with E-state index in [2.05, 4.69) is 10.4 Å². The topological polar surface area (TPSA) is 91.7 Å². The number of rotatable bonds is 4. The van der Waals surface area contributed by atoms with E-state index in [1.807, 2.05) is 6.92 Å². The van der Waals surface area contributed by atoms with E-state index in [-0.39, 0.29) is 12.4 Å². The molecule has 114 valence electrons. The van der Waals surface area contributed by atoms with Gasteiger partial charge < -0.3 is 19.5 Å². The first-order valence-electron chi connectivity index (χ1n) is 6.40. The van der Waals surface area contributed by atoms with Crippen molar-refractivity contribution >= 4 is 17.6 Å². The molecule has 0 saturated heterocycles. The lowest BCUT2D eigenvalue weighted by Gasteiger charge is -2.14. The van der Waals surface area contributed by atoms with E-state index in [4.69, 9.17) is 14.2 Å². The first-order chi connectivity index (χ1) is 9.99. The molecule has 0 spiro atoms. The van der Waals surface area contributed by atoms with Crippen molar-refractivity contribution in [3.8, 4) is 0 Å². The molecule has 8 heteroatoms. The first kappa shape index (κ1) is 14.9. The number of hydrogen-bond donors (Lipinski definition) is 1. The first-order valence-corrected chi connectivity index (χ1v) is 6.40. The largest absolute Gasteiger partial charge is 0.493 e. The van der Waals surface area contributed by atoms with Crippen molar-refractivity contribution in [2.75, 3.05) is 25.1 Å². The molecule has 21 heavy (non-hydrogen) atoms. The number of carbonyl (C=O) groups excluding carboxylic acids is 2. The van der Waals surface area contributed by atoms with Crippen molar-refractivity contribution in [2.24, 2.45) is 7.05 Å². The number of hydrogen-bond acceptors (Lipinski definition) is 6. The van der Waals surface area contributed by atoms with Crippen LogP contribution in [0.2, 0.25) is 0 Å². The average Bonchev–Trinajstić information content (AvgIpc) is 2.72. The molecule has 1 N–H and O–H groups in total. The van der Waals surface area contributed by atoms with Gasteiger partial charge in [0.1, 0.15) is 19.5 Å². The van der Waals surface area contributed by atoms with Crippen LogP contribution in [-0.2, 0) is 30.8 Å². The standard InChI is InChI=1S/C13H17N3O5/c1-8-12(9(2)16(3)15-8)14-11(17)7-21-13(18)10-6-19-4-5-20-10/h6H,4-5,7H2,1-3H3,(H,14,17). The Morgan fingerprint density at radius 3 is 2.76 bits per heavy atom. The quantitative estimate of drug-likeness (QED) is 0.809. The molecular formula is C13H17N3O5. The highest BCUT2D eigenvalue weighted by molar-refractivity contribution is 5.95. The molecule has 0 bridgehead atoms. The van der Waals surface area contributed by atoms with Crippen molar-refractivity contribution < 1.29 is 23.8 Å². The Morgan fingerprint density at radius 1 is 1.43 bits per heavy atom. The molecule has 0 atom stereocenters. The molecule has 0 unspecified atom stereocenters. The molecule has 1 aliphatic rings. The summed E-state index contributed by atoms with van der Waals surface area (Å²) in [5.41, 5.74) is 2.13. The Balaban J connectivity index is 1.87. The van der Waals surface area contributed by atoms with Gasteiger partial charge in [0.2, 0.25) is 5.76 Å². The van der Waals surface area contributed by atoms with E-state index in [0.29, 0.717) is 18.0 Å². The molecular weight excluding hydrogens is 278 g/mol. The number of anilines is 1. The Morgan fingerprint density at radius 2 is 2.19 bits per heavy atom. The van der Waals surface area contributed by atoms with Gasteiger partial charge in [0.05, 0.1) is 17.1 Å². The lowest BCUT2D eigenvalue weighted by molar-refractivity contribution is -0.148. The van der Waals surface area contributed by atoms with E-state index >= 15 is 0 Å². The van der Waals surface area contributed by atoms with Gasteiger partial charge in [-0.25, -0.2) is 4.79 Å². The van der Waals surface area contributed by atoms with Crippen LogP contribution in [0.15, 0.2) is 12.0 Å². The lowest BCUT2D eigenvalue weighted by atomic mass is 10.3. The zero-order chi connectivity index (χ0) is 15.4. The van der Waals surface area contributed by atoms with Gasteiger partial charge >= 0.3 is 5.97 Å². The summed E-state index contributed by atoms with van der Waals surface area (Å²) >= 11 is 0. The van der Waals surface area contributed by atoms with Crippen LogP contribution in [0.5, 0.6) is 0 Å². The van der Waals surface area contributed by atoms with E-state index in [1.165, 1.54) is 6.26 Å². The molecule has 2 heterocycles. The van der Waals surface area contributed by atoms with Crippen LogP contribution in [0.1, 0.15) is 11.4 Å². The van der Waals surface area contributed by atoms with E-state index in [9.17, 15) is 9.59 Å². The number of nitrogens with zero attached hydrogens (tertiary/aromatic N) is 2. The maximum absolute atomic E-state index is 11.8. The smallest absolute Gasteiger partial charge is 0.377 e. The van der Waals surface area contributed by atoms with E-state index in [1.54, 1.807) is 18.7 Å². The van der Waals surface area contributed by atoms with Gasteiger partial charge in [0, 0.05) is 7.05 Å². The number of carbonyl (C=O) groups is 2. The fourth-order valence-electron chi connectivity index (χ4n) is 1.81. The minimum Gasteiger partial charge on any atom is -0.493 e. The minimum atomic E-state index is -0.732. The highest BCUT2D eigenvalue weighted by Gasteiger charge is 2.19. The summed E-state index contributed by atoms with van der Waals surface area (Å²) in [6, 6.07) is 0. The Bertz CT molecular complexity index is 591. The predicted molar refractivity (Wildman–Crippen MR) is 72.3 cm³/mol. The fraction of sp³-hybridized carbons (Fsp3) is 0.462. The molecule has 0 radical (unpaired) electrons. The van der Waals surface area contributed by atoms with Crippen LogP contribution in [0, 0.1) is 13.8 Å². The summed E-state index contributed by atoms with van der Waals surface area (Å²) < 4.78 is 16.5. The highest BCUT2D eigenvalue weighted by Crippen LogP contribution is 2.18. The minimum absolute atomic E-state index is 0.0391. The lowest BCUT2D eigenvalue weighted by Crippen LogP contribution is -2.24. The molecule has 0 aliphatic carbocycles. The van der Waals surface area contributed by atoms with Gasteiger partial charge in [0.25, 0.3) is 5.91 Å². The zero-order valence-corrected chi connectivity index (χ0v) is 12.1. The summed E-state index contributed by atoms with van der Waals surface area (Å²) in [7, 11) is 1.78. The molecule has 1 amide bonds. The monoisotopic (exact) mass is 295 g/mol. The SMILES string of the molecule is Cc1nn(C)c(C)c1NC(=O)COC(=O)C1=COCCO1. The van der Waals surface area contributed by atoms with Gasteiger partial charge in [-0.15, -0.1) is 0 Å². The second-order valence-corrected chi connectivity index (χ2v) is 4.50. The zero-order valence-electron chi connectivity index (χ0n) is 12.1. The van der Waals surface area contributed by atoms with Crippen LogP contribution in [0.3, 0.4) is 0 Å². The summed E-state index contributed by atoms with van der Waals surface area (Å²) in [6.45, 7) is 3.87. The van der Waals surface area contributed by atoms with Crippen molar-refractivity contribution in [3.63, 3.8) is 0 Å². The number of amides is 1. The highest BCUT2D eigenvalue weighted by atomic mass is 16.6. The number of aromatic nitrogens is 2. The second kappa shape index (κ2) is 6.29. The third kappa shape index (κ3) is 3.53. The third-order valence-electron chi connectivity index (χ3n) is 2.96. The van der Waals surface area contributed by atoms with Crippen LogP contribution < -0.4 is 5.32 Å². The van der Waals surface area contributed by atoms with Crippen LogP contribution in [0.25, 0.3) is 0 Å². The average molecular weight is 295 g/mol. The normalized spacial score (nSPS) is 13.8. The Labute approximate surface area is 121 Å². The second-order valence-electron chi connectivity index (χ2n) is 4.50. The van der Waals surface area contributed by atoms with Crippen molar-refractivity contribution in [2.45, 2.75) is 13.8 Å². The Hall–Kier alpha value is -2.51. The molecule has 0 fully saturated rings. The van der Waals surface area contributed by atoms with E-state index < -0.39 is 18.5 Å². The molecule has 1 aromatic heterocycles. The van der Waals surface area contributed by atoms with Crippen LogP contribution in [-0.4, -0.2) is 41.5 Å². The fourth-order valence-corrected chi connectivity index (χ4v) is 1.81. The maximum Gasteiger partial charge on any atom is 0.377 e. The van der Waals surface area contributed by atoms with Crippen LogP contribution >= 0.6 is 0 Å². The van der Waals surface area contributed by atoms with Gasteiger partial charge in [0.15, 0.2) is 6.61 Å². The van der Waals surface area contributed by atoms with Crippen molar-refractivity contribution in [1.82, 2.24) is 9.78 Å². The van der Waals surface area contributed by atoms with Gasteiger partial charge in [-0.2, -0.15) is 5.10 Å². The predicted octanol–water partition coefficient (Wildman–Crippen LogP) is 0.407. The summed E-state index contributed by atoms with van der Waals surface area (Å²) in [6.07, 6.45) is 1.18. The molecule has 1 aromatic rings. The molecule has 2 rings (SSSR count).